The van der Waals surface area contributed by atoms with Gasteiger partial charge in [-0.1, -0.05) is 18.5 Å². The predicted octanol–water partition coefficient (Wildman–Crippen LogP) is 3.03. The van der Waals surface area contributed by atoms with Gasteiger partial charge in [0.05, 0.1) is 11.5 Å². The van der Waals surface area contributed by atoms with E-state index in [2.05, 4.69) is 0 Å². The number of hydrogen-bond donors (Lipinski definition) is 0. The molecule has 1 aromatic rings. The van der Waals surface area contributed by atoms with Crippen molar-refractivity contribution in [3.8, 4) is 0 Å². The van der Waals surface area contributed by atoms with Crippen LogP contribution in [-0.2, 0) is 9.53 Å². The fraction of sp³-hybridized carbons (Fsp3) is 0.462. The standard InChI is InChI=1S/C13H17ClN2O4/c1-3-7-15(9-13(17)20-4-2)12-8-10(14)5-6-11(12)16(18)19/h5-6,8H,3-4,7,9H2,1-2H3. The molecule has 0 N–H and O–H groups in total. The summed E-state index contributed by atoms with van der Waals surface area (Å²) >= 11 is 5.90. The summed E-state index contributed by atoms with van der Waals surface area (Å²) in [4.78, 5) is 23.8. The lowest BCUT2D eigenvalue weighted by molar-refractivity contribution is -0.384. The maximum atomic E-state index is 11.6. The number of anilines is 1. The minimum Gasteiger partial charge on any atom is -0.465 e. The first-order chi connectivity index (χ1) is 9.49. The van der Waals surface area contributed by atoms with Gasteiger partial charge in [0.25, 0.3) is 5.69 Å². The monoisotopic (exact) mass is 300 g/mol. The zero-order chi connectivity index (χ0) is 15.1. The van der Waals surface area contributed by atoms with E-state index in [1.54, 1.807) is 11.8 Å². The zero-order valence-electron chi connectivity index (χ0n) is 11.5. The maximum Gasteiger partial charge on any atom is 0.325 e. The van der Waals surface area contributed by atoms with Crippen LogP contribution in [0.1, 0.15) is 20.3 Å². The van der Waals surface area contributed by atoms with E-state index < -0.39 is 10.9 Å². The third-order valence-corrected chi connectivity index (χ3v) is 2.83. The van der Waals surface area contributed by atoms with E-state index in [0.29, 0.717) is 17.3 Å². The first-order valence-corrected chi connectivity index (χ1v) is 6.71. The van der Waals surface area contributed by atoms with Crippen LogP contribution in [0.4, 0.5) is 11.4 Å². The Bertz CT molecular complexity index is 493. The number of nitro benzene ring substituents is 1. The number of carbonyl (C=O) groups excluding carboxylic acids is 1. The van der Waals surface area contributed by atoms with Gasteiger partial charge in [-0.25, -0.2) is 0 Å². The lowest BCUT2D eigenvalue weighted by atomic mass is 10.2. The van der Waals surface area contributed by atoms with Gasteiger partial charge in [-0.3, -0.25) is 14.9 Å². The van der Waals surface area contributed by atoms with Crippen LogP contribution in [0.25, 0.3) is 0 Å². The molecule has 0 aliphatic rings. The Hall–Kier alpha value is -1.82. The van der Waals surface area contributed by atoms with Crippen molar-refractivity contribution in [2.24, 2.45) is 0 Å². The van der Waals surface area contributed by atoms with Crippen molar-refractivity contribution in [1.82, 2.24) is 0 Å². The lowest BCUT2D eigenvalue weighted by Crippen LogP contribution is -2.32. The second-order valence-corrected chi connectivity index (χ2v) is 4.55. The molecule has 0 saturated carbocycles. The summed E-state index contributed by atoms with van der Waals surface area (Å²) in [6.45, 7) is 4.37. The van der Waals surface area contributed by atoms with Crippen molar-refractivity contribution in [2.75, 3.05) is 24.6 Å². The molecule has 20 heavy (non-hydrogen) atoms. The van der Waals surface area contributed by atoms with Crippen LogP contribution in [0.5, 0.6) is 0 Å². The molecule has 0 aliphatic carbocycles. The highest BCUT2D eigenvalue weighted by molar-refractivity contribution is 6.31. The summed E-state index contributed by atoms with van der Waals surface area (Å²) in [7, 11) is 0. The van der Waals surface area contributed by atoms with Gasteiger partial charge in [-0.15, -0.1) is 0 Å². The van der Waals surface area contributed by atoms with Crippen LogP contribution in [0.15, 0.2) is 18.2 Å². The molecule has 1 aromatic carbocycles. The molecular weight excluding hydrogens is 284 g/mol. The number of esters is 1. The Morgan fingerprint density at radius 3 is 2.70 bits per heavy atom. The molecule has 0 saturated heterocycles. The molecule has 110 valence electrons. The Labute approximate surface area is 122 Å². The molecule has 0 aliphatic heterocycles. The molecule has 7 heteroatoms. The normalized spacial score (nSPS) is 10.2. The van der Waals surface area contributed by atoms with Gasteiger partial charge in [0, 0.05) is 17.6 Å². The van der Waals surface area contributed by atoms with Gasteiger partial charge >= 0.3 is 5.97 Å². The van der Waals surface area contributed by atoms with Gasteiger partial charge in [0.2, 0.25) is 0 Å². The molecule has 0 spiro atoms. The Morgan fingerprint density at radius 2 is 2.15 bits per heavy atom. The van der Waals surface area contributed by atoms with Crippen LogP contribution < -0.4 is 4.90 Å². The molecule has 0 amide bonds. The molecule has 0 fully saturated rings. The van der Waals surface area contributed by atoms with Gasteiger partial charge in [0.15, 0.2) is 0 Å². The summed E-state index contributed by atoms with van der Waals surface area (Å²) in [6.07, 6.45) is 0.739. The summed E-state index contributed by atoms with van der Waals surface area (Å²) in [5.41, 5.74) is 0.254. The summed E-state index contributed by atoms with van der Waals surface area (Å²) in [5, 5.41) is 11.5. The van der Waals surface area contributed by atoms with Crippen LogP contribution in [-0.4, -0.2) is 30.6 Å². The van der Waals surface area contributed by atoms with Gasteiger partial charge < -0.3 is 9.64 Å². The summed E-state index contributed by atoms with van der Waals surface area (Å²) in [6, 6.07) is 4.29. The van der Waals surface area contributed by atoms with E-state index in [9.17, 15) is 14.9 Å². The molecule has 0 heterocycles. The Balaban J connectivity index is 3.09. The largest absolute Gasteiger partial charge is 0.465 e. The summed E-state index contributed by atoms with van der Waals surface area (Å²) < 4.78 is 4.89. The number of nitro groups is 1. The SMILES string of the molecule is CCCN(CC(=O)OCC)c1cc(Cl)ccc1[N+](=O)[O-]. The number of ether oxygens (including phenoxy) is 1. The zero-order valence-corrected chi connectivity index (χ0v) is 12.2. The van der Waals surface area contributed by atoms with Crippen molar-refractivity contribution < 1.29 is 14.5 Å². The van der Waals surface area contributed by atoms with Crippen molar-refractivity contribution in [3.05, 3.63) is 33.3 Å². The smallest absolute Gasteiger partial charge is 0.325 e. The van der Waals surface area contributed by atoms with Gasteiger partial charge in [0.1, 0.15) is 12.2 Å². The molecule has 0 atom stereocenters. The maximum absolute atomic E-state index is 11.6. The topological polar surface area (TPSA) is 72.7 Å². The number of rotatable bonds is 7. The molecular formula is C13H17ClN2O4. The van der Waals surface area contributed by atoms with Crippen molar-refractivity contribution in [2.45, 2.75) is 20.3 Å². The number of carbonyl (C=O) groups is 1. The average Bonchev–Trinajstić information content (AvgIpc) is 2.38. The number of nitrogens with zero attached hydrogens (tertiary/aromatic N) is 2. The first-order valence-electron chi connectivity index (χ1n) is 6.34. The molecule has 6 nitrogen and oxygen atoms in total. The van der Waals surface area contributed by atoms with E-state index in [0.717, 1.165) is 6.42 Å². The summed E-state index contributed by atoms with van der Waals surface area (Å²) in [5.74, 6) is -0.421. The van der Waals surface area contributed by atoms with Crippen LogP contribution in [0.3, 0.4) is 0 Å². The molecule has 0 aromatic heterocycles. The van der Waals surface area contributed by atoms with Crippen molar-refractivity contribution in [1.29, 1.82) is 0 Å². The minimum absolute atomic E-state index is 0.0388. The predicted molar refractivity (Wildman–Crippen MR) is 77.2 cm³/mol. The van der Waals surface area contributed by atoms with Gasteiger partial charge in [-0.2, -0.15) is 0 Å². The second kappa shape index (κ2) is 7.69. The number of halogens is 1. The van der Waals surface area contributed by atoms with E-state index in [-0.39, 0.29) is 18.8 Å². The van der Waals surface area contributed by atoms with Gasteiger partial charge in [-0.05, 0) is 25.5 Å². The van der Waals surface area contributed by atoms with E-state index in [4.69, 9.17) is 16.3 Å². The Kier molecular flexibility index (Phi) is 6.24. The van der Waals surface area contributed by atoms with E-state index in [1.165, 1.54) is 18.2 Å². The Morgan fingerprint density at radius 1 is 1.45 bits per heavy atom. The number of hydrogen-bond acceptors (Lipinski definition) is 5. The third kappa shape index (κ3) is 4.38. The molecule has 0 bridgehead atoms. The van der Waals surface area contributed by atoms with Crippen LogP contribution >= 0.6 is 11.6 Å². The van der Waals surface area contributed by atoms with E-state index >= 15 is 0 Å². The first kappa shape index (κ1) is 16.2. The number of benzene rings is 1. The van der Waals surface area contributed by atoms with E-state index in [1.807, 2.05) is 6.92 Å². The second-order valence-electron chi connectivity index (χ2n) is 4.12. The highest BCUT2D eigenvalue weighted by Crippen LogP contribution is 2.31. The average molecular weight is 301 g/mol. The minimum atomic E-state index is -0.487. The van der Waals surface area contributed by atoms with Crippen LogP contribution in [0, 0.1) is 10.1 Å². The molecule has 0 radical (unpaired) electrons. The third-order valence-electron chi connectivity index (χ3n) is 2.59. The van der Waals surface area contributed by atoms with Crippen molar-refractivity contribution >= 4 is 28.9 Å². The molecule has 1 rings (SSSR count). The van der Waals surface area contributed by atoms with Crippen molar-refractivity contribution in [3.63, 3.8) is 0 Å². The molecule has 0 unspecified atom stereocenters. The lowest BCUT2D eigenvalue weighted by Gasteiger charge is -2.23. The fourth-order valence-corrected chi connectivity index (χ4v) is 1.99. The fourth-order valence-electron chi connectivity index (χ4n) is 1.82. The highest BCUT2D eigenvalue weighted by Gasteiger charge is 2.21. The quantitative estimate of drug-likeness (QED) is 0.439. The van der Waals surface area contributed by atoms with Crippen LogP contribution in [0.2, 0.25) is 5.02 Å². The highest BCUT2D eigenvalue weighted by atomic mass is 35.5.